The minimum atomic E-state index is -0.203. The largest absolute Gasteiger partial charge is 0.370 e. The summed E-state index contributed by atoms with van der Waals surface area (Å²) < 4.78 is 0. The third-order valence-electron chi connectivity index (χ3n) is 5.25. The van der Waals surface area contributed by atoms with E-state index in [2.05, 4.69) is 48.1 Å². The summed E-state index contributed by atoms with van der Waals surface area (Å²) in [6.45, 7) is 7.27. The number of nitrogens with two attached hydrogens (primary N) is 1. The van der Waals surface area contributed by atoms with Crippen molar-refractivity contribution in [1.82, 2.24) is 15.1 Å². The van der Waals surface area contributed by atoms with Crippen LogP contribution in [0.4, 0.5) is 0 Å². The van der Waals surface area contributed by atoms with Gasteiger partial charge in [0, 0.05) is 39.1 Å². The topological polar surface area (TPSA) is 74.0 Å². The summed E-state index contributed by atoms with van der Waals surface area (Å²) in [7, 11) is 6.14. The molecule has 1 saturated heterocycles. The van der Waals surface area contributed by atoms with E-state index < -0.39 is 0 Å². The van der Waals surface area contributed by atoms with Crippen LogP contribution < -0.4 is 11.1 Å². The number of piperidine rings is 1. The number of hydrogen-bond acceptors (Lipinski definition) is 3. The Morgan fingerprint density at radius 3 is 2.54 bits per heavy atom. The van der Waals surface area contributed by atoms with E-state index in [9.17, 15) is 4.79 Å². The molecule has 0 saturated carbocycles. The van der Waals surface area contributed by atoms with Gasteiger partial charge < -0.3 is 20.9 Å². The summed E-state index contributed by atoms with van der Waals surface area (Å²) in [4.78, 5) is 20.2. The minimum absolute atomic E-state index is 0.203. The van der Waals surface area contributed by atoms with Crippen molar-refractivity contribution in [2.45, 2.75) is 52.0 Å². The standard InChI is InChI=1S/C18H37N5O/c1-6-15(7-2)16(22(4)5)12-21-18(20-3)23-10-8-9-14(13-23)11-17(19)24/h14-16H,6-13H2,1-5H3,(H2,19,24)(H,20,21). The maximum atomic E-state index is 11.2. The lowest BCUT2D eigenvalue weighted by Crippen LogP contribution is -2.51. The van der Waals surface area contributed by atoms with Gasteiger partial charge in [-0.3, -0.25) is 9.79 Å². The molecule has 0 aromatic rings. The van der Waals surface area contributed by atoms with Crippen molar-refractivity contribution in [3.8, 4) is 0 Å². The lowest BCUT2D eigenvalue weighted by Gasteiger charge is -2.37. The van der Waals surface area contributed by atoms with Gasteiger partial charge in [0.05, 0.1) is 0 Å². The minimum Gasteiger partial charge on any atom is -0.370 e. The Bertz CT molecular complexity index is 406. The Labute approximate surface area is 147 Å². The number of primary amides is 1. The van der Waals surface area contributed by atoms with E-state index in [0.717, 1.165) is 38.4 Å². The number of guanidine groups is 1. The van der Waals surface area contributed by atoms with Crippen molar-refractivity contribution in [2.24, 2.45) is 22.6 Å². The molecule has 1 heterocycles. The smallest absolute Gasteiger partial charge is 0.217 e. The predicted octanol–water partition coefficient (Wildman–Crippen LogP) is 1.52. The van der Waals surface area contributed by atoms with Gasteiger partial charge in [0.15, 0.2) is 5.96 Å². The van der Waals surface area contributed by atoms with Crippen molar-refractivity contribution < 1.29 is 4.79 Å². The Hall–Kier alpha value is -1.30. The molecule has 0 radical (unpaired) electrons. The molecule has 2 unspecified atom stereocenters. The average molecular weight is 340 g/mol. The van der Waals surface area contributed by atoms with E-state index in [-0.39, 0.29) is 5.91 Å². The van der Waals surface area contributed by atoms with Crippen LogP contribution in [0.3, 0.4) is 0 Å². The molecule has 1 aliphatic rings. The van der Waals surface area contributed by atoms with E-state index in [0.29, 0.717) is 24.3 Å². The number of likely N-dealkylation sites (N-methyl/N-ethyl adjacent to an activating group) is 1. The van der Waals surface area contributed by atoms with Crippen LogP contribution >= 0.6 is 0 Å². The second-order valence-corrected chi connectivity index (χ2v) is 7.16. The zero-order valence-corrected chi connectivity index (χ0v) is 16.2. The van der Waals surface area contributed by atoms with Crippen LogP contribution in [0.15, 0.2) is 4.99 Å². The van der Waals surface area contributed by atoms with Gasteiger partial charge in [-0.25, -0.2) is 0 Å². The predicted molar refractivity (Wildman–Crippen MR) is 101 cm³/mol. The van der Waals surface area contributed by atoms with Crippen molar-refractivity contribution >= 4 is 11.9 Å². The van der Waals surface area contributed by atoms with Crippen LogP contribution in [-0.2, 0) is 4.79 Å². The fraction of sp³-hybridized carbons (Fsp3) is 0.889. The summed E-state index contributed by atoms with van der Waals surface area (Å²) in [5, 5.41) is 3.56. The molecule has 0 bridgehead atoms. The maximum Gasteiger partial charge on any atom is 0.217 e. The highest BCUT2D eigenvalue weighted by molar-refractivity contribution is 5.80. The Morgan fingerprint density at radius 1 is 1.38 bits per heavy atom. The molecule has 1 amide bonds. The molecule has 0 spiro atoms. The molecule has 3 N–H and O–H groups in total. The normalized spacial score (nSPS) is 20.5. The van der Waals surface area contributed by atoms with Gasteiger partial charge in [0.1, 0.15) is 0 Å². The van der Waals surface area contributed by atoms with E-state index in [1.165, 1.54) is 12.8 Å². The zero-order chi connectivity index (χ0) is 18.1. The molecular weight excluding hydrogens is 302 g/mol. The highest BCUT2D eigenvalue weighted by Crippen LogP contribution is 2.20. The Morgan fingerprint density at radius 2 is 2.04 bits per heavy atom. The molecule has 0 aromatic heterocycles. The number of carbonyl (C=O) groups is 1. The lowest BCUT2D eigenvalue weighted by atomic mass is 9.93. The van der Waals surface area contributed by atoms with Crippen molar-refractivity contribution in [3.63, 3.8) is 0 Å². The first-order chi connectivity index (χ1) is 11.4. The highest BCUT2D eigenvalue weighted by atomic mass is 16.1. The fourth-order valence-corrected chi connectivity index (χ4v) is 3.84. The number of nitrogens with one attached hydrogen (secondary N) is 1. The molecule has 6 nitrogen and oxygen atoms in total. The average Bonchev–Trinajstić information content (AvgIpc) is 2.54. The maximum absolute atomic E-state index is 11.2. The molecule has 0 aliphatic carbocycles. The Balaban J connectivity index is 2.64. The van der Waals surface area contributed by atoms with Crippen LogP contribution in [0.2, 0.25) is 0 Å². The van der Waals surface area contributed by atoms with Gasteiger partial charge in [-0.2, -0.15) is 0 Å². The van der Waals surface area contributed by atoms with E-state index in [4.69, 9.17) is 5.73 Å². The van der Waals surface area contributed by atoms with Crippen LogP contribution in [0.5, 0.6) is 0 Å². The summed E-state index contributed by atoms with van der Waals surface area (Å²) in [6.07, 6.45) is 5.00. The van der Waals surface area contributed by atoms with Crippen LogP contribution in [-0.4, -0.2) is 68.5 Å². The molecule has 1 fully saturated rings. The molecule has 140 valence electrons. The zero-order valence-electron chi connectivity index (χ0n) is 16.2. The summed E-state index contributed by atoms with van der Waals surface area (Å²) in [5.41, 5.74) is 5.36. The first kappa shape index (κ1) is 20.7. The van der Waals surface area contributed by atoms with Gasteiger partial charge >= 0.3 is 0 Å². The molecule has 0 aromatic carbocycles. The van der Waals surface area contributed by atoms with Gasteiger partial charge in [-0.05, 0) is 38.8 Å². The van der Waals surface area contributed by atoms with Gasteiger partial charge in [-0.1, -0.05) is 26.7 Å². The first-order valence-corrected chi connectivity index (χ1v) is 9.33. The van der Waals surface area contributed by atoms with Crippen molar-refractivity contribution in [2.75, 3.05) is 40.8 Å². The third kappa shape index (κ3) is 6.30. The molecular formula is C18H37N5O. The quantitative estimate of drug-likeness (QED) is 0.519. The van der Waals surface area contributed by atoms with Crippen molar-refractivity contribution in [1.29, 1.82) is 0 Å². The molecule has 1 aliphatic heterocycles. The van der Waals surface area contributed by atoms with Crippen molar-refractivity contribution in [3.05, 3.63) is 0 Å². The summed E-state index contributed by atoms with van der Waals surface area (Å²) in [6, 6.07) is 0.489. The van der Waals surface area contributed by atoms with E-state index in [1.54, 1.807) is 0 Å². The third-order valence-corrected chi connectivity index (χ3v) is 5.25. The van der Waals surface area contributed by atoms with Crippen LogP contribution in [0, 0.1) is 11.8 Å². The van der Waals surface area contributed by atoms with E-state index in [1.807, 2.05) is 7.05 Å². The number of likely N-dealkylation sites (tertiary alicyclic amines) is 1. The number of rotatable bonds is 8. The Kier molecular flexibility index (Phi) is 9.11. The van der Waals surface area contributed by atoms with Gasteiger partial charge in [-0.15, -0.1) is 0 Å². The number of nitrogens with zero attached hydrogens (tertiary/aromatic N) is 3. The number of carbonyl (C=O) groups excluding carboxylic acids is 1. The molecule has 6 heteroatoms. The van der Waals surface area contributed by atoms with Gasteiger partial charge in [0.25, 0.3) is 0 Å². The second-order valence-electron chi connectivity index (χ2n) is 7.16. The second kappa shape index (κ2) is 10.5. The lowest BCUT2D eigenvalue weighted by molar-refractivity contribution is -0.119. The number of hydrogen-bond donors (Lipinski definition) is 2. The summed E-state index contributed by atoms with van der Waals surface area (Å²) >= 11 is 0. The van der Waals surface area contributed by atoms with Crippen LogP contribution in [0.25, 0.3) is 0 Å². The highest BCUT2D eigenvalue weighted by Gasteiger charge is 2.25. The van der Waals surface area contributed by atoms with Crippen LogP contribution in [0.1, 0.15) is 46.0 Å². The molecule has 24 heavy (non-hydrogen) atoms. The fourth-order valence-electron chi connectivity index (χ4n) is 3.84. The SMILES string of the molecule is CCC(CC)C(CNC(=NC)N1CCCC(CC(N)=O)C1)N(C)C. The molecule has 2 atom stereocenters. The number of amides is 1. The first-order valence-electron chi connectivity index (χ1n) is 9.33. The van der Waals surface area contributed by atoms with E-state index >= 15 is 0 Å². The summed E-state index contributed by atoms with van der Waals surface area (Å²) in [5.74, 6) is 1.77. The monoisotopic (exact) mass is 339 g/mol. The number of aliphatic imine (C=N–C) groups is 1. The molecule has 1 rings (SSSR count). The van der Waals surface area contributed by atoms with Gasteiger partial charge in [0.2, 0.25) is 5.91 Å².